The summed E-state index contributed by atoms with van der Waals surface area (Å²) >= 11 is 0. The molecule has 0 radical (unpaired) electrons. The zero-order valence-electron chi connectivity index (χ0n) is 13.6. The average molecular weight is 335 g/mol. The normalized spacial score (nSPS) is 13.0. The first-order chi connectivity index (χ1) is 12.1. The SMILES string of the molecule is Cc1nc2nc(C)c3c(=O)n(-c4ccc5c(c4)OCO5)ccc3n2n1. The van der Waals surface area contributed by atoms with Crippen LogP contribution in [0.4, 0.5) is 0 Å². The van der Waals surface area contributed by atoms with Gasteiger partial charge in [0.15, 0.2) is 11.5 Å². The Morgan fingerprint density at radius 2 is 1.92 bits per heavy atom. The molecule has 4 aromatic rings. The molecule has 0 amide bonds. The molecule has 8 nitrogen and oxygen atoms in total. The zero-order chi connectivity index (χ0) is 17.1. The van der Waals surface area contributed by atoms with E-state index in [0.717, 1.165) is 0 Å². The van der Waals surface area contributed by atoms with E-state index in [1.165, 1.54) is 0 Å². The van der Waals surface area contributed by atoms with Crippen molar-refractivity contribution in [3.05, 3.63) is 52.3 Å². The van der Waals surface area contributed by atoms with E-state index in [9.17, 15) is 4.79 Å². The summed E-state index contributed by atoms with van der Waals surface area (Å²) < 4.78 is 13.9. The number of aromatic nitrogens is 5. The lowest BCUT2D eigenvalue weighted by Crippen LogP contribution is -2.20. The summed E-state index contributed by atoms with van der Waals surface area (Å²) in [5, 5.41) is 4.84. The van der Waals surface area contributed by atoms with Crippen LogP contribution >= 0.6 is 0 Å². The second-order valence-corrected chi connectivity index (χ2v) is 5.86. The Labute approximate surface area is 141 Å². The Bertz CT molecular complexity index is 1220. The number of benzene rings is 1. The second kappa shape index (κ2) is 4.79. The van der Waals surface area contributed by atoms with Crippen LogP contribution in [-0.2, 0) is 0 Å². The number of fused-ring (bicyclic) bond motifs is 4. The van der Waals surface area contributed by atoms with Crippen molar-refractivity contribution in [2.75, 3.05) is 6.79 Å². The second-order valence-electron chi connectivity index (χ2n) is 5.86. The Morgan fingerprint density at radius 1 is 1.08 bits per heavy atom. The Hall–Kier alpha value is -3.42. The largest absolute Gasteiger partial charge is 0.454 e. The number of hydrogen-bond donors (Lipinski definition) is 0. The van der Waals surface area contributed by atoms with Gasteiger partial charge in [0.1, 0.15) is 5.82 Å². The smallest absolute Gasteiger partial charge is 0.266 e. The Morgan fingerprint density at radius 3 is 2.80 bits per heavy atom. The molecule has 5 rings (SSSR count). The van der Waals surface area contributed by atoms with Gasteiger partial charge in [-0.25, -0.2) is 4.98 Å². The molecule has 0 unspecified atom stereocenters. The van der Waals surface area contributed by atoms with Gasteiger partial charge in [-0.05, 0) is 32.0 Å². The van der Waals surface area contributed by atoms with Crippen molar-refractivity contribution in [1.82, 2.24) is 24.1 Å². The summed E-state index contributed by atoms with van der Waals surface area (Å²) in [6.45, 7) is 3.79. The third-order valence-corrected chi connectivity index (χ3v) is 4.26. The molecule has 3 aromatic heterocycles. The lowest BCUT2D eigenvalue weighted by Gasteiger charge is -2.10. The molecule has 124 valence electrons. The molecule has 0 saturated heterocycles. The molecule has 0 atom stereocenters. The summed E-state index contributed by atoms with van der Waals surface area (Å²) in [7, 11) is 0. The summed E-state index contributed by atoms with van der Waals surface area (Å²) in [6, 6.07) is 7.25. The fraction of sp³-hybridized carbons (Fsp3) is 0.176. The number of aryl methyl sites for hydroxylation is 2. The van der Waals surface area contributed by atoms with E-state index in [0.29, 0.717) is 45.4 Å². The van der Waals surface area contributed by atoms with E-state index in [4.69, 9.17) is 9.47 Å². The molecule has 1 aliphatic heterocycles. The van der Waals surface area contributed by atoms with E-state index < -0.39 is 0 Å². The fourth-order valence-corrected chi connectivity index (χ4v) is 3.12. The summed E-state index contributed by atoms with van der Waals surface area (Å²) in [4.78, 5) is 21.8. The van der Waals surface area contributed by atoms with Crippen LogP contribution in [0.3, 0.4) is 0 Å². The van der Waals surface area contributed by atoms with Gasteiger partial charge in [-0.15, -0.1) is 5.10 Å². The molecule has 0 N–H and O–H groups in total. The Balaban J connectivity index is 1.81. The highest BCUT2D eigenvalue weighted by atomic mass is 16.7. The molecule has 0 saturated carbocycles. The lowest BCUT2D eigenvalue weighted by molar-refractivity contribution is 0.174. The maximum atomic E-state index is 13.1. The Kier molecular flexibility index (Phi) is 2.68. The van der Waals surface area contributed by atoms with Gasteiger partial charge in [-0.3, -0.25) is 9.36 Å². The van der Waals surface area contributed by atoms with Gasteiger partial charge < -0.3 is 9.47 Å². The van der Waals surface area contributed by atoms with Crippen molar-refractivity contribution >= 4 is 16.7 Å². The minimum atomic E-state index is -0.170. The minimum Gasteiger partial charge on any atom is -0.454 e. The summed E-state index contributed by atoms with van der Waals surface area (Å²) in [5.41, 5.74) is 1.84. The van der Waals surface area contributed by atoms with Crippen LogP contribution in [0.1, 0.15) is 11.5 Å². The van der Waals surface area contributed by atoms with Crippen LogP contribution < -0.4 is 15.0 Å². The van der Waals surface area contributed by atoms with Crippen molar-refractivity contribution in [2.24, 2.45) is 0 Å². The maximum absolute atomic E-state index is 13.1. The molecule has 0 aliphatic carbocycles. The van der Waals surface area contributed by atoms with Gasteiger partial charge >= 0.3 is 0 Å². The van der Waals surface area contributed by atoms with Crippen LogP contribution in [0.25, 0.3) is 22.4 Å². The molecule has 4 heterocycles. The van der Waals surface area contributed by atoms with Crippen molar-refractivity contribution in [2.45, 2.75) is 13.8 Å². The van der Waals surface area contributed by atoms with Crippen molar-refractivity contribution in [1.29, 1.82) is 0 Å². The standard InChI is InChI=1S/C17H13N5O3/c1-9-15-12(22-17(18-9)19-10(2)20-22)5-6-21(16(15)23)11-3-4-13-14(7-11)25-8-24-13/h3-7H,8H2,1-2H3. The highest BCUT2D eigenvalue weighted by Crippen LogP contribution is 2.33. The van der Waals surface area contributed by atoms with E-state index in [2.05, 4.69) is 15.1 Å². The molecule has 8 heteroatoms. The first kappa shape index (κ1) is 14.0. The van der Waals surface area contributed by atoms with E-state index in [1.54, 1.807) is 41.3 Å². The minimum absolute atomic E-state index is 0.170. The predicted octanol–water partition coefficient (Wildman–Crippen LogP) is 1.77. The van der Waals surface area contributed by atoms with Gasteiger partial charge in [0, 0.05) is 12.3 Å². The molecular formula is C17H13N5O3. The topological polar surface area (TPSA) is 83.5 Å². The molecule has 0 spiro atoms. The number of rotatable bonds is 1. The van der Waals surface area contributed by atoms with Crippen molar-refractivity contribution in [3.63, 3.8) is 0 Å². The number of pyridine rings is 1. The maximum Gasteiger partial charge on any atom is 0.266 e. The third kappa shape index (κ3) is 1.94. The lowest BCUT2D eigenvalue weighted by atomic mass is 10.2. The van der Waals surface area contributed by atoms with Crippen LogP contribution in [0.2, 0.25) is 0 Å². The number of nitrogens with zero attached hydrogens (tertiary/aromatic N) is 5. The van der Waals surface area contributed by atoms with Crippen molar-refractivity contribution in [3.8, 4) is 17.2 Å². The molecule has 25 heavy (non-hydrogen) atoms. The molecule has 1 aliphatic rings. The first-order valence-corrected chi connectivity index (χ1v) is 7.77. The predicted molar refractivity (Wildman–Crippen MR) is 89.5 cm³/mol. The summed E-state index contributed by atoms with van der Waals surface area (Å²) in [5.74, 6) is 2.40. The average Bonchev–Trinajstić information content (AvgIpc) is 3.19. The van der Waals surface area contributed by atoms with Crippen LogP contribution in [0.5, 0.6) is 11.5 Å². The molecule has 0 bridgehead atoms. The van der Waals surface area contributed by atoms with Crippen LogP contribution in [0.15, 0.2) is 35.3 Å². The summed E-state index contributed by atoms with van der Waals surface area (Å²) in [6.07, 6.45) is 1.72. The number of hydrogen-bond acceptors (Lipinski definition) is 6. The van der Waals surface area contributed by atoms with Gasteiger partial charge in [0.05, 0.1) is 22.3 Å². The van der Waals surface area contributed by atoms with Crippen molar-refractivity contribution < 1.29 is 9.47 Å². The van der Waals surface area contributed by atoms with Gasteiger partial charge in [-0.2, -0.15) is 9.50 Å². The zero-order valence-corrected chi connectivity index (χ0v) is 13.6. The molecule has 0 fully saturated rings. The van der Waals surface area contributed by atoms with Gasteiger partial charge in [0.25, 0.3) is 11.3 Å². The monoisotopic (exact) mass is 335 g/mol. The van der Waals surface area contributed by atoms with E-state index in [-0.39, 0.29) is 12.4 Å². The van der Waals surface area contributed by atoms with E-state index in [1.807, 2.05) is 12.1 Å². The first-order valence-electron chi connectivity index (χ1n) is 7.77. The van der Waals surface area contributed by atoms with Crippen LogP contribution in [-0.4, -0.2) is 30.9 Å². The molecular weight excluding hydrogens is 322 g/mol. The van der Waals surface area contributed by atoms with Gasteiger partial charge in [0.2, 0.25) is 6.79 Å². The van der Waals surface area contributed by atoms with E-state index >= 15 is 0 Å². The number of ether oxygens (including phenoxy) is 2. The third-order valence-electron chi connectivity index (χ3n) is 4.26. The van der Waals surface area contributed by atoms with Gasteiger partial charge in [-0.1, -0.05) is 0 Å². The quantitative estimate of drug-likeness (QED) is 0.527. The highest BCUT2D eigenvalue weighted by molar-refractivity contribution is 5.82. The molecule has 1 aromatic carbocycles. The highest BCUT2D eigenvalue weighted by Gasteiger charge is 2.17. The fourth-order valence-electron chi connectivity index (χ4n) is 3.12. The van der Waals surface area contributed by atoms with Crippen LogP contribution in [0, 0.1) is 13.8 Å².